The second kappa shape index (κ2) is 6.89. The van der Waals surface area contributed by atoms with Gasteiger partial charge in [0.2, 0.25) is 5.91 Å². The zero-order chi connectivity index (χ0) is 13.7. The molecule has 2 rings (SSSR count). The number of carbonyl (C=O) groups excluding carboxylic acids is 1. The van der Waals surface area contributed by atoms with Crippen molar-refractivity contribution in [3.63, 3.8) is 0 Å². The summed E-state index contributed by atoms with van der Waals surface area (Å²) in [5, 5.41) is 12.5. The Kier molecular flexibility index (Phi) is 5.19. The summed E-state index contributed by atoms with van der Waals surface area (Å²) >= 11 is 0. The second-order valence-corrected chi connectivity index (χ2v) is 5.67. The van der Waals surface area contributed by atoms with Gasteiger partial charge in [0, 0.05) is 13.0 Å². The number of piperidine rings is 2. The number of nitrogens with one attached hydrogen (secondary N) is 1. The maximum absolute atomic E-state index is 12.2. The predicted molar refractivity (Wildman–Crippen MR) is 71.8 cm³/mol. The van der Waals surface area contributed by atoms with Gasteiger partial charge in [-0.3, -0.25) is 4.79 Å². The molecule has 108 valence electrons. The van der Waals surface area contributed by atoms with Crippen molar-refractivity contribution in [3.05, 3.63) is 0 Å². The number of hydrogen-bond donors (Lipinski definition) is 2. The average Bonchev–Trinajstić information content (AvgIpc) is 2.46. The van der Waals surface area contributed by atoms with E-state index in [1.54, 1.807) is 4.90 Å². The second-order valence-electron chi connectivity index (χ2n) is 5.67. The minimum Gasteiger partial charge on any atom is -0.480 e. The Bertz CT molecular complexity index is 327. The van der Waals surface area contributed by atoms with Crippen LogP contribution in [0.4, 0.5) is 0 Å². The van der Waals surface area contributed by atoms with Crippen molar-refractivity contribution in [2.75, 3.05) is 19.6 Å². The van der Waals surface area contributed by atoms with Gasteiger partial charge in [-0.1, -0.05) is 0 Å². The molecule has 0 aliphatic carbocycles. The van der Waals surface area contributed by atoms with E-state index >= 15 is 0 Å². The Morgan fingerprint density at radius 2 is 1.89 bits per heavy atom. The van der Waals surface area contributed by atoms with Crippen LogP contribution >= 0.6 is 0 Å². The minimum absolute atomic E-state index is 0.0330. The molecule has 1 atom stereocenters. The van der Waals surface area contributed by atoms with Gasteiger partial charge in [-0.25, -0.2) is 4.79 Å². The monoisotopic (exact) mass is 268 g/mol. The van der Waals surface area contributed by atoms with Crippen LogP contribution in [0.15, 0.2) is 0 Å². The molecule has 0 aromatic carbocycles. The molecule has 5 heteroatoms. The normalized spacial score (nSPS) is 25.3. The minimum atomic E-state index is -0.852. The molecule has 0 spiro atoms. The van der Waals surface area contributed by atoms with E-state index in [4.69, 9.17) is 0 Å². The largest absolute Gasteiger partial charge is 0.480 e. The van der Waals surface area contributed by atoms with Gasteiger partial charge in [-0.2, -0.15) is 0 Å². The van der Waals surface area contributed by atoms with E-state index in [0.717, 1.165) is 45.2 Å². The third-order valence-corrected chi connectivity index (χ3v) is 4.33. The molecule has 1 amide bonds. The Hall–Kier alpha value is -1.10. The summed E-state index contributed by atoms with van der Waals surface area (Å²) in [7, 11) is 0. The number of carbonyl (C=O) groups is 2. The number of amides is 1. The molecular weight excluding hydrogens is 244 g/mol. The zero-order valence-corrected chi connectivity index (χ0v) is 11.4. The van der Waals surface area contributed by atoms with Gasteiger partial charge < -0.3 is 15.3 Å². The molecule has 19 heavy (non-hydrogen) atoms. The van der Waals surface area contributed by atoms with Gasteiger partial charge in [-0.15, -0.1) is 0 Å². The maximum atomic E-state index is 12.2. The number of carboxylic acid groups (broad SMARTS) is 1. The summed E-state index contributed by atoms with van der Waals surface area (Å²) in [5.74, 6) is -0.196. The highest BCUT2D eigenvalue weighted by Crippen LogP contribution is 2.22. The van der Waals surface area contributed by atoms with E-state index in [-0.39, 0.29) is 5.91 Å². The first-order valence-corrected chi connectivity index (χ1v) is 7.41. The van der Waals surface area contributed by atoms with Crippen LogP contribution in [0.3, 0.4) is 0 Å². The molecule has 1 unspecified atom stereocenters. The van der Waals surface area contributed by atoms with Crippen LogP contribution in [0, 0.1) is 5.92 Å². The van der Waals surface area contributed by atoms with Crippen LogP contribution in [-0.4, -0.2) is 47.6 Å². The van der Waals surface area contributed by atoms with Crippen molar-refractivity contribution >= 4 is 11.9 Å². The fraction of sp³-hybridized carbons (Fsp3) is 0.857. The molecule has 0 aromatic heterocycles. The van der Waals surface area contributed by atoms with E-state index in [1.807, 2.05) is 0 Å². The van der Waals surface area contributed by atoms with Crippen molar-refractivity contribution in [1.82, 2.24) is 10.2 Å². The molecule has 0 aromatic rings. The number of rotatable bonds is 4. The van der Waals surface area contributed by atoms with Gasteiger partial charge in [0.1, 0.15) is 6.04 Å². The molecule has 2 N–H and O–H groups in total. The van der Waals surface area contributed by atoms with Crippen LogP contribution in [0.25, 0.3) is 0 Å². The number of aliphatic carboxylic acids is 1. The first-order valence-electron chi connectivity index (χ1n) is 7.41. The first kappa shape index (κ1) is 14.3. The van der Waals surface area contributed by atoms with E-state index in [0.29, 0.717) is 25.3 Å². The standard InChI is InChI=1S/C14H24N2O3/c17-13(5-4-11-6-8-15-9-7-11)16-10-2-1-3-12(16)14(18)19/h11-12,15H,1-10H2,(H,18,19). The smallest absolute Gasteiger partial charge is 0.326 e. The SMILES string of the molecule is O=C(O)C1CCCCN1C(=O)CCC1CCNCC1. The zero-order valence-electron chi connectivity index (χ0n) is 11.4. The molecule has 5 nitrogen and oxygen atoms in total. The summed E-state index contributed by atoms with van der Waals surface area (Å²) in [6.45, 7) is 2.70. The van der Waals surface area contributed by atoms with Crippen molar-refractivity contribution in [1.29, 1.82) is 0 Å². The molecule has 0 saturated carbocycles. The summed E-state index contributed by atoms with van der Waals surface area (Å²) in [6.07, 6.45) is 6.13. The van der Waals surface area contributed by atoms with E-state index < -0.39 is 12.0 Å². The molecule has 2 aliphatic heterocycles. The van der Waals surface area contributed by atoms with Gasteiger partial charge in [0.05, 0.1) is 0 Å². The lowest BCUT2D eigenvalue weighted by Crippen LogP contribution is -2.48. The highest BCUT2D eigenvalue weighted by molar-refractivity contribution is 5.83. The van der Waals surface area contributed by atoms with Crippen molar-refractivity contribution in [2.24, 2.45) is 5.92 Å². The third kappa shape index (κ3) is 3.93. The maximum Gasteiger partial charge on any atom is 0.326 e. The summed E-state index contributed by atoms with van der Waals surface area (Å²) in [4.78, 5) is 25.0. The molecule has 2 saturated heterocycles. The summed E-state index contributed by atoms with van der Waals surface area (Å²) in [6, 6.07) is -0.589. The molecular formula is C14H24N2O3. The fourth-order valence-corrected chi connectivity index (χ4v) is 3.13. The van der Waals surface area contributed by atoms with Crippen LogP contribution in [-0.2, 0) is 9.59 Å². The Labute approximate surface area is 114 Å². The number of nitrogens with zero attached hydrogens (tertiary/aromatic N) is 1. The fourth-order valence-electron chi connectivity index (χ4n) is 3.13. The van der Waals surface area contributed by atoms with Gasteiger partial charge >= 0.3 is 5.97 Å². The van der Waals surface area contributed by atoms with Crippen LogP contribution in [0.5, 0.6) is 0 Å². The lowest BCUT2D eigenvalue weighted by molar-refractivity contribution is -0.152. The van der Waals surface area contributed by atoms with Crippen molar-refractivity contribution < 1.29 is 14.7 Å². The third-order valence-electron chi connectivity index (χ3n) is 4.33. The molecule has 2 aliphatic rings. The van der Waals surface area contributed by atoms with Crippen LogP contribution in [0.2, 0.25) is 0 Å². The van der Waals surface area contributed by atoms with Crippen LogP contribution in [0.1, 0.15) is 44.9 Å². The highest BCUT2D eigenvalue weighted by atomic mass is 16.4. The van der Waals surface area contributed by atoms with Crippen molar-refractivity contribution in [2.45, 2.75) is 51.0 Å². The molecule has 2 fully saturated rings. The number of hydrogen-bond acceptors (Lipinski definition) is 3. The summed E-state index contributed by atoms with van der Waals surface area (Å²) < 4.78 is 0. The average molecular weight is 268 g/mol. The molecule has 0 radical (unpaired) electrons. The Balaban J connectivity index is 1.81. The number of carboxylic acids is 1. The van der Waals surface area contributed by atoms with E-state index in [9.17, 15) is 14.7 Å². The highest BCUT2D eigenvalue weighted by Gasteiger charge is 2.31. The predicted octanol–water partition coefficient (Wildman–Crippen LogP) is 1.23. The van der Waals surface area contributed by atoms with Gasteiger partial charge in [0.25, 0.3) is 0 Å². The topological polar surface area (TPSA) is 69.6 Å². The summed E-state index contributed by atoms with van der Waals surface area (Å²) in [5.41, 5.74) is 0. The first-order chi connectivity index (χ1) is 9.18. The van der Waals surface area contributed by atoms with Crippen molar-refractivity contribution in [3.8, 4) is 0 Å². The Morgan fingerprint density at radius 3 is 2.58 bits per heavy atom. The van der Waals surface area contributed by atoms with Gasteiger partial charge in [-0.05, 0) is 57.5 Å². The van der Waals surface area contributed by atoms with Gasteiger partial charge in [0.15, 0.2) is 0 Å². The van der Waals surface area contributed by atoms with E-state index in [2.05, 4.69) is 5.32 Å². The molecule has 0 bridgehead atoms. The quantitative estimate of drug-likeness (QED) is 0.804. The Morgan fingerprint density at radius 1 is 1.16 bits per heavy atom. The van der Waals surface area contributed by atoms with E-state index in [1.165, 1.54) is 0 Å². The molecule has 2 heterocycles. The lowest BCUT2D eigenvalue weighted by Gasteiger charge is -2.33. The number of likely N-dealkylation sites (tertiary alicyclic amines) is 1. The lowest BCUT2D eigenvalue weighted by atomic mass is 9.92. The van der Waals surface area contributed by atoms with Crippen LogP contribution < -0.4 is 5.32 Å².